The van der Waals surface area contributed by atoms with Crippen LogP contribution in [-0.2, 0) is 0 Å². The number of nitrogens with one attached hydrogen (secondary N) is 1. The van der Waals surface area contributed by atoms with Crippen LogP contribution in [0.2, 0.25) is 0 Å². The molecule has 2 heterocycles. The van der Waals surface area contributed by atoms with E-state index in [1.165, 1.54) is 11.3 Å². The summed E-state index contributed by atoms with van der Waals surface area (Å²) in [5, 5.41) is 3.41. The monoisotopic (exact) mass is 362 g/mol. The molecule has 4 nitrogen and oxygen atoms in total. The first-order valence-electron chi connectivity index (χ1n) is 9.50. The second-order valence-corrected chi connectivity index (χ2v) is 6.96. The van der Waals surface area contributed by atoms with E-state index in [1.807, 2.05) is 12.1 Å². The van der Waals surface area contributed by atoms with E-state index in [0.717, 1.165) is 60.1 Å². The second-order valence-electron chi connectivity index (χ2n) is 6.96. The molecule has 2 aliphatic rings. The number of rotatable bonds is 3. The third-order valence-corrected chi connectivity index (χ3v) is 5.25. The van der Waals surface area contributed by atoms with Gasteiger partial charge in [0, 0.05) is 43.0 Å². The molecule has 140 valence electrons. The summed E-state index contributed by atoms with van der Waals surface area (Å²) >= 11 is 0. The van der Waals surface area contributed by atoms with Gasteiger partial charge in [-0.2, -0.15) is 0 Å². The fraction of sp³-hybridized carbons (Fsp3) is 0.304. The zero-order chi connectivity index (χ0) is 18.8. The molecule has 0 spiro atoms. The van der Waals surface area contributed by atoms with Gasteiger partial charge in [0.05, 0.1) is 7.11 Å². The van der Waals surface area contributed by atoms with Gasteiger partial charge in [0.2, 0.25) is 0 Å². The van der Waals surface area contributed by atoms with Crippen molar-refractivity contribution in [3.05, 3.63) is 65.2 Å². The molecular formula is C23H26N2O2. The Morgan fingerprint density at radius 3 is 2.63 bits per heavy atom. The van der Waals surface area contributed by atoms with Crippen molar-refractivity contribution >= 4 is 17.0 Å². The van der Waals surface area contributed by atoms with Gasteiger partial charge in [-0.25, -0.2) is 0 Å². The topological polar surface area (TPSA) is 33.7 Å². The lowest BCUT2D eigenvalue weighted by atomic mass is 9.98. The van der Waals surface area contributed by atoms with Gasteiger partial charge in [0.15, 0.2) is 0 Å². The Morgan fingerprint density at radius 1 is 1.11 bits per heavy atom. The molecule has 4 heteroatoms. The quantitative estimate of drug-likeness (QED) is 0.885. The molecule has 2 aromatic carbocycles. The summed E-state index contributed by atoms with van der Waals surface area (Å²) in [5.74, 6) is 2.67. The molecule has 4 rings (SSSR count). The lowest BCUT2D eigenvalue weighted by molar-refractivity contribution is 0.411. The van der Waals surface area contributed by atoms with Crippen LogP contribution in [0.15, 0.2) is 48.6 Å². The van der Waals surface area contributed by atoms with Gasteiger partial charge in [-0.15, -0.1) is 0 Å². The van der Waals surface area contributed by atoms with Crippen LogP contribution in [0.25, 0.3) is 11.3 Å². The second kappa shape index (κ2) is 7.49. The Balaban J connectivity index is 1.67. The fourth-order valence-electron chi connectivity index (χ4n) is 3.73. The van der Waals surface area contributed by atoms with Crippen LogP contribution >= 0.6 is 0 Å². The van der Waals surface area contributed by atoms with Gasteiger partial charge in [0.25, 0.3) is 0 Å². The molecular weight excluding hydrogens is 336 g/mol. The number of benzene rings is 2. The molecule has 1 saturated heterocycles. The number of hydrogen-bond acceptors (Lipinski definition) is 4. The number of ether oxygens (including phenoxy) is 2. The normalized spacial score (nSPS) is 18.0. The van der Waals surface area contributed by atoms with E-state index in [9.17, 15) is 0 Å². The highest BCUT2D eigenvalue weighted by molar-refractivity contribution is 5.89. The molecule has 1 N–H and O–H groups in total. The predicted molar refractivity (Wildman–Crippen MR) is 112 cm³/mol. The zero-order valence-electron chi connectivity index (χ0n) is 16.2. The van der Waals surface area contributed by atoms with Gasteiger partial charge >= 0.3 is 0 Å². The number of piperazine rings is 1. The minimum Gasteiger partial charge on any atom is -0.496 e. The number of aryl methyl sites for hydroxylation is 1. The largest absolute Gasteiger partial charge is 0.496 e. The van der Waals surface area contributed by atoms with Crippen LogP contribution in [0, 0.1) is 6.92 Å². The van der Waals surface area contributed by atoms with Crippen molar-refractivity contribution in [2.45, 2.75) is 13.8 Å². The summed E-state index contributed by atoms with van der Waals surface area (Å²) in [6.07, 6.45) is 4.28. The number of nitrogens with zero attached hydrogens (tertiary/aromatic N) is 1. The van der Waals surface area contributed by atoms with Crippen LogP contribution < -0.4 is 19.7 Å². The van der Waals surface area contributed by atoms with Crippen molar-refractivity contribution in [3.63, 3.8) is 0 Å². The van der Waals surface area contributed by atoms with Crippen molar-refractivity contribution < 1.29 is 9.47 Å². The molecule has 0 saturated carbocycles. The smallest absolute Gasteiger partial charge is 0.135 e. The maximum absolute atomic E-state index is 6.27. The van der Waals surface area contributed by atoms with Crippen molar-refractivity contribution in [3.8, 4) is 11.5 Å². The number of hydrogen-bond donors (Lipinski definition) is 1. The van der Waals surface area contributed by atoms with Crippen LogP contribution in [0.4, 0.5) is 5.69 Å². The van der Waals surface area contributed by atoms with Crippen LogP contribution in [0.1, 0.15) is 23.6 Å². The summed E-state index contributed by atoms with van der Waals surface area (Å²) in [6, 6.07) is 12.7. The maximum Gasteiger partial charge on any atom is 0.135 e. The van der Waals surface area contributed by atoms with E-state index in [-0.39, 0.29) is 0 Å². The predicted octanol–water partition coefficient (Wildman–Crippen LogP) is 4.25. The van der Waals surface area contributed by atoms with Crippen molar-refractivity contribution in [2.24, 2.45) is 0 Å². The Bertz CT molecular complexity index is 909. The lowest BCUT2D eigenvalue weighted by Crippen LogP contribution is -2.43. The SMILES string of the molecule is CC=C1C=C(c2ccc(OC)c(C)c2)Oc2ccc(N3CCNCC3)cc21. The van der Waals surface area contributed by atoms with E-state index in [4.69, 9.17) is 9.47 Å². The standard InChI is InChI=1S/C23H26N2O2/c1-4-17-14-23(18-5-7-21(26-3)16(2)13-18)27-22-8-6-19(15-20(17)22)25-11-9-24-10-12-25/h4-8,13-15,24H,9-12H2,1-3H3. The van der Waals surface area contributed by atoms with E-state index in [2.05, 4.69) is 60.5 Å². The molecule has 2 aliphatic heterocycles. The summed E-state index contributed by atoms with van der Waals surface area (Å²) in [6.45, 7) is 8.27. The molecule has 0 radical (unpaired) electrons. The first-order chi connectivity index (χ1) is 13.2. The molecule has 0 aliphatic carbocycles. The van der Waals surface area contributed by atoms with Gasteiger partial charge in [-0.05, 0) is 67.5 Å². The Morgan fingerprint density at radius 2 is 1.93 bits per heavy atom. The van der Waals surface area contributed by atoms with E-state index >= 15 is 0 Å². The average molecular weight is 362 g/mol. The van der Waals surface area contributed by atoms with Gasteiger partial charge in [-0.3, -0.25) is 0 Å². The molecule has 2 aromatic rings. The molecule has 0 amide bonds. The van der Waals surface area contributed by atoms with Crippen LogP contribution in [-0.4, -0.2) is 33.3 Å². The third kappa shape index (κ3) is 3.45. The highest BCUT2D eigenvalue weighted by Crippen LogP contribution is 2.39. The van der Waals surface area contributed by atoms with Crippen LogP contribution in [0.5, 0.6) is 11.5 Å². The van der Waals surface area contributed by atoms with E-state index < -0.39 is 0 Å². The summed E-state index contributed by atoms with van der Waals surface area (Å²) in [7, 11) is 1.70. The molecule has 27 heavy (non-hydrogen) atoms. The number of fused-ring (bicyclic) bond motifs is 1. The van der Waals surface area contributed by atoms with Gasteiger partial charge in [-0.1, -0.05) is 6.08 Å². The number of allylic oxidation sites excluding steroid dienone is 3. The third-order valence-electron chi connectivity index (χ3n) is 5.25. The minimum atomic E-state index is 0.872. The minimum absolute atomic E-state index is 0.872. The van der Waals surface area contributed by atoms with Crippen molar-refractivity contribution in [2.75, 3.05) is 38.2 Å². The first kappa shape index (κ1) is 17.7. The number of anilines is 1. The summed E-state index contributed by atoms with van der Waals surface area (Å²) in [4.78, 5) is 2.43. The fourth-order valence-corrected chi connectivity index (χ4v) is 3.73. The van der Waals surface area contributed by atoms with E-state index in [1.54, 1.807) is 7.11 Å². The summed E-state index contributed by atoms with van der Waals surface area (Å²) < 4.78 is 11.6. The van der Waals surface area contributed by atoms with E-state index in [0.29, 0.717) is 0 Å². The molecule has 0 atom stereocenters. The van der Waals surface area contributed by atoms with Gasteiger partial charge < -0.3 is 19.7 Å². The molecule has 0 unspecified atom stereocenters. The highest BCUT2D eigenvalue weighted by Gasteiger charge is 2.20. The molecule has 0 bridgehead atoms. The molecule has 1 fully saturated rings. The lowest BCUT2D eigenvalue weighted by Gasteiger charge is -2.31. The van der Waals surface area contributed by atoms with Crippen molar-refractivity contribution in [1.29, 1.82) is 0 Å². The average Bonchev–Trinajstić information content (AvgIpc) is 2.73. The first-order valence-corrected chi connectivity index (χ1v) is 9.50. The Labute approximate surface area is 161 Å². The maximum atomic E-state index is 6.27. The van der Waals surface area contributed by atoms with Gasteiger partial charge in [0.1, 0.15) is 17.3 Å². The Kier molecular flexibility index (Phi) is 4.90. The number of methoxy groups -OCH3 is 1. The molecule has 0 aromatic heterocycles. The van der Waals surface area contributed by atoms with Crippen molar-refractivity contribution in [1.82, 2.24) is 5.32 Å². The highest BCUT2D eigenvalue weighted by atomic mass is 16.5. The zero-order valence-corrected chi connectivity index (χ0v) is 16.2. The van der Waals surface area contributed by atoms with Crippen LogP contribution in [0.3, 0.4) is 0 Å². The summed E-state index contributed by atoms with van der Waals surface area (Å²) in [5.41, 5.74) is 5.76. The Hall–Kier alpha value is -2.72.